The molecule has 0 aliphatic rings. The summed E-state index contributed by atoms with van der Waals surface area (Å²) in [6.07, 6.45) is 1.41. The van der Waals surface area contributed by atoms with E-state index in [1.165, 1.54) is 24.4 Å². The van der Waals surface area contributed by atoms with Gasteiger partial charge in [-0.2, -0.15) is 0 Å². The highest BCUT2D eigenvalue weighted by atomic mass is 19.1. The Morgan fingerprint density at radius 1 is 1.29 bits per heavy atom. The first-order valence-electron chi connectivity index (χ1n) is 4.77. The van der Waals surface area contributed by atoms with Crippen LogP contribution in [0.15, 0.2) is 36.5 Å². The van der Waals surface area contributed by atoms with Gasteiger partial charge >= 0.3 is 5.97 Å². The van der Waals surface area contributed by atoms with Gasteiger partial charge in [0, 0.05) is 17.8 Å². The first-order chi connectivity index (χ1) is 8.09. The molecule has 5 heteroatoms. The van der Waals surface area contributed by atoms with Crippen molar-refractivity contribution in [2.24, 2.45) is 0 Å². The zero-order valence-corrected chi connectivity index (χ0v) is 8.59. The monoisotopic (exact) mass is 233 g/mol. The van der Waals surface area contributed by atoms with Gasteiger partial charge in [0.1, 0.15) is 11.6 Å². The smallest absolute Gasteiger partial charge is 0.337 e. The zero-order valence-electron chi connectivity index (χ0n) is 8.59. The number of phenolic OH excluding ortho intramolecular Hbond substituents is 1. The summed E-state index contributed by atoms with van der Waals surface area (Å²) >= 11 is 0. The number of hydrogen-bond donors (Lipinski definition) is 2. The van der Waals surface area contributed by atoms with Crippen molar-refractivity contribution in [1.82, 2.24) is 4.98 Å². The van der Waals surface area contributed by atoms with Gasteiger partial charge in [-0.05, 0) is 24.3 Å². The Morgan fingerprint density at radius 2 is 2.06 bits per heavy atom. The van der Waals surface area contributed by atoms with Crippen molar-refractivity contribution in [3.8, 4) is 17.0 Å². The maximum absolute atomic E-state index is 12.8. The summed E-state index contributed by atoms with van der Waals surface area (Å²) in [7, 11) is 0. The predicted molar refractivity (Wildman–Crippen MR) is 58.3 cm³/mol. The lowest BCUT2D eigenvalue weighted by atomic mass is 10.0. The Balaban J connectivity index is 2.64. The lowest BCUT2D eigenvalue weighted by molar-refractivity contribution is 0.0697. The molecule has 1 heterocycles. The van der Waals surface area contributed by atoms with Gasteiger partial charge in [-0.3, -0.25) is 4.98 Å². The molecule has 86 valence electrons. The Morgan fingerprint density at radius 3 is 2.71 bits per heavy atom. The molecule has 1 aromatic heterocycles. The summed E-state index contributed by atoms with van der Waals surface area (Å²) in [6, 6.07) is 6.19. The maximum atomic E-state index is 12.8. The van der Waals surface area contributed by atoms with Crippen LogP contribution in [-0.4, -0.2) is 21.2 Å². The molecule has 0 saturated carbocycles. The minimum atomic E-state index is -1.16. The topological polar surface area (TPSA) is 70.4 Å². The Bertz CT molecular complexity index is 584. The zero-order chi connectivity index (χ0) is 12.4. The molecule has 0 amide bonds. The summed E-state index contributed by atoms with van der Waals surface area (Å²) in [5.74, 6) is -2.10. The fourth-order valence-corrected chi connectivity index (χ4v) is 1.50. The number of aromatic hydroxyl groups is 1. The van der Waals surface area contributed by atoms with E-state index in [9.17, 15) is 14.3 Å². The van der Waals surface area contributed by atoms with E-state index < -0.39 is 11.8 Å². The van der Waals surface area contributed by atoms with Gasteiger partial charge < -0.3 is 10.2 Å². The molecule has 2 rings (SSSR count). The normalized spacial score (nSPS) is 10.2. The van der Waals surface area contributed by atoms with Gasteiger partial charge in [-0.25, -0.2) is 9.18 Å². The third kappa shape index (κ3) is 2.08. The van der Waals surface area contributed by atoms with Crippen LogP contribution in [0, 0.1) is 5.82 Å². The first-order valence-corrected chi connectivity index (χ1v) is 4.77. The van der Waals surface area contributed by atoms with Crippen molar-refractivity contribution in [2.45, 2.75) is 0 Å². The van der Waals surface area contributed by atoms with Crippen LogP contribution in [0.25, 0.3) is 11.3 Å². The number of carbonyl (C=O) groups is 1. The molecule has 0 saturated heterocycles. The van der Waals surface area contributed by atoms with Gasteiger partial charge in [0.25, 0.3) is 0 Å². The van der Waals surface area contributed by atoms with Crippen molar-refractivity contribution in [1.29, 1.82) is 0 Å². The van der Waals surface area contributed by atoms with Crippen LogP contribution in [0.1, 0.15) is 10.4 Å². The van der Waals surface area contributed by atoms with Crippen LogP contribution in [0.4, 0.5) is 4.39 Å². The highest BCUT2D eigenvalue weighted by molar-refractivity contribution is 5.95. The number of phenols is 1. The molecule has 1 aromatic carbocycles. The molecule has 0 atom stereocenters. The average Bonchev–Trinajstić information content (AvgIpc) is 2.29. The average molecular weight is 233 g/mol. The van der Waals surface area contributed by atoms with Crippen molar-refractivity contribution >= 4 is 5.97 Å². The van der Waals surface area contributed by atoms with Crippen LogP contribution in [-0.2, 0) is 0 Å². The van der Waals surface area contributed by atoms with E-state index in [0.29, 0.717) is 0 Å². The number of rotatable bonds is 2. The lowest BCUT2D eigenvalue weighted by Crippen LogP contribution is -2.01. The van der Waals surface area contributed by atoms with Gasteiger partial charge in [0.15, 0.2) is 0 Å². The van der Waals surface area contributed by atoms with Crippen LogP contribution in [0.5, 0.6) is 5.75 Å². The summed E-state index contributed by atoms with van der Waals surface area (Å²) in [5, 5.41) is 18.6. The SMILES string of the molecule is O=C(O)c1cccnc1-c1ccc(F)cc1O. The van der Waals surface area contributed by atoms with Gasteiger partial charge in [0.2, 0.25) is 0 Å². The van der Waals surface area contributed by atoms with Crippen molar-refractivity contribution in [2.75, 3.05) is 0 Å². The second kappa shape index (κ2) is 4.21. The minimum Gasteiger partial charge on any atom is -0.507 e. The second-order valence-electron chi connectivity index (χ2n) is 3.37. The molecular formula is C12H8FNO3. The number of pyridine rings is 1. The molecule has 0 fully saturated rings. The molecule has 0 unspecified atom stereocenters. The number of halogens is 1. The van der Waals surface area contributed by atoms with Gasteiger partial charge in [-0.15, -0.1) is 0 Å². The number of nitrogens with zero attached hydrogens (tertiary/aromatic N) is 1. The number of aromatic carboxylic acids is 1. The quantitative estimate of drug-likeness (QED) is 0.834. The Hall–Kier alpha value is -2.43. The third-order valence-corrected chi connectivity index (χ3v) is 2.25. The largest absolute Gasteiger partial charge is 0.507 e. The molecular weight excluding hydrogens is 225 g/mol. The van der Waals surface area contributed by atoms with Crippen molar-refractivity contribution in [3.63, 3.8) is 0 Å². The fraction of sp³-hybridized carbons (Fsp3) is 0. The maximum Gasteiger partial charge on any atom is 0.337 e. The molecule has 0 aliphatic carbocycles. The van der Waals surface area contributed by atoms with E-state index in [-0.39, 0.29) is 22.6 Å². The van der Waals surface area contributed by atoms with E-state index in [0.717, 1.165) is 12.1 Å². The van der Waals surface area contributed by atoms with E-state index in [1.807, 2.05) is 0 Å². The number of hydrogen-bond acceptors (Lipinski definition) is 3. The van der Waals surface area contributed by atoms with E-state index in [2.05, 4.69) is 4.98 Å². The predicted octanol–water partition coefficient (Wildman–Crippen LogP) is 2.29. The summed E-state index contributed by atoms with van der Waals surface area (Å²) in [5.41, 5.74) is 0.247. The second-order valence-corrected chi connectivity index (χ2v) is 3.37. The van der Waals surface area contributed by atoms with Gasteiger partial charge in [-0.1, -0.05) is 0 Å². The number of aromatic nitrogens is 1. The molecule has 2 aromatic rings. The first kappa shape index (κ1) is 11.1. The lowest BCUT2D eigenvalue weighted by Gasteiger charge is -2.06. The van der Waals surface area contributed by atoms with Crippen LogP contribution >= 0.6 is 0 Å². The number of benzene rings is 1. The molecule has 0 spiro atoms. The van der Waals surface area contributed by atoms with E-state index in [1.54, 1.807) is 0 Å². The molecule has 17 heavy (non-hydrogen) atoms. The Labute approximate surface area is 96.0 Å². The molecule has 0 radical (unpaired) electrons. The highest BCUT2D eigenvalue weighted by Gasteiger charge is 2.15. The number of carboxylic acids is 1. The number of carboxylic acid groups (broad SMARTS) is 1. The van der Waals surface area contributed by atoms with Crippen LogP contribution in [0.2, 0.25) is 0 Å². The van der Waals surface area contributed by atoms with Crippen LogP contribution < -0.4 is 0 Å². The van der Waals surface area contributed by atoms with Crippen molar-refractivity contribution in [3.05, 3.63) is 47.9 Å². The standard InChI is InChI=1S/C12H8FNO3/c13-7-3-4-8(10(15)6-7)11-9(12(16)17)2-1-5-14-11/h1-6,15H,(H,16,17). The van der Waals surface area contributed by atoms with E-state index >= 15 is 0 Å². The fourth-order valence-electron chi connectivity index (χ4n) is 1.50. The van der Waals surface area contributed by atoms with Crippen LogP contribution in [0.3, 0.4) is 0 Å². The molecule has 2 N–H and O–H groups in total. The third-order valence-electron chi connectivity index (χ3n) is 2.25. The molecule has 0 bridgehead atoms. The Kier molecular flexibility index (Phi) is 2.74. The molecule has 4 nitrogen and oxygen atoms in total. The van der Waals surface area contributed by atoms with E-state index in [4.69, 9.17) is 5.11 Å². The van der Waals surface area contributed by atoms with Gasteiger partial charge in [0.05, 0.1) is 11.3 Å². The summed E-state index contributed by atoms with van der Waals surface area (Å²) < 4.78 is 12.8. The summed E-state index contributed by atoms with van der Waals surface area (Å²) in [4.78, 5) is 14.9. The molecule has 0 aliphatic heterocycles. The van der Waals surface area contributed by atoms with Crippen molar-refractivity contribution < 1.29 is 19.4 Å². The minimum absolute atomic E-state index is 0.0468. The summed E-state index contributed by atoms with van der Waals surface area (Å²) in [6.45, 7) is 0. The highest BCUT2D eigenvalue weighted by Crippen LogP contribution is 2.30.